The predicted octanol–water partition coefficient (Wildman–Crippen LogP) is 1.03. The van der Waals surface area contributed by atoms with Gasteiger partial charge in [0.25, 0.3) is 0 Å². The van der Waals surface area contributed by atoms with Gasteiger partial charge in [0.2, 0.25) is 0 Å². The molecule has 2 unspecified atom stereocenters. The standard InChI is InChI=1S/C13H19ClN2O2/c14-12-4-2-1-3-11(12)13(7-15)16-5-6-18-10(8-16)9-17/h1-4,10,13,17H,5-9,15H2. The highest BCUT2D eigenvalue weighted by Gasteiger charge is 2.27. The average Bonchev–Trinajstić information content (AvgIpc) is 2.42. The Balaban J connectivity index is 2.15. The van der Waals surface area contributed by atoms with Crippen LogP contribution in [-0.2, 0) is 4.74 Å². The molecule has 100 valence electrons. The first-order valence-corrected chi connectivity index (χ1v) is 6.55. The summed E-state index contributed by atoms with van der Waals surface area (Å²) in [5.74, 6) is 0. The van der Waals surface area contributed by atoms with Crippen molar-refractivity contribution in [3.05, 3.63) is 34.9 Å². The summed E-state index contributed by atoms with van der Waals surface area (Å²) in [4.78, 5) is 2.23. The van der Waals surface area contributed by atoms with Gasteiger partial charge in [0.1, 0.15) is 0 Å². The molecule has 18 heavy (non-hydrogen) atoms. The molecule has 1 aliphatic heterocycles. The summed E-state index contributed by atoms with van der Waals surface area (Å²) in [6.07, 6.45) is -0.129. The van der Waals surface area contributed by atoms with Gasteiger partial charge >= 0.3 is 0 Å². The van der Waals surface area contributed by atoms with E-state index < -0.39 is 0 Å². The van der Waals surface area contributed by atoms with Crippen molar-refractivity contribution in [2.75, 3.05) is 32.8 Å². The second kappa shape index (κ2) is 6.50. The normalized spacial score (nSPS) is 22.9. The Kier molecular flexibility index (Phi) is 4.97. The number of hydrogen-bond donors (Lipinski definition) is 2. The molecule has 1 heterocycles. The summed E-state index contributed by atoms with van der Waals surface area (Å²) in [5, 5.41) is 9.92. The van der Waals surface area contributed by atoms with Crippen LogP contribution in [0.4, 0.5) is 0 Å². The van der Waals surface area contributed by atoms with Crippen molar-refractivity contribution in [2.24, 2.45) is 5.73 Å². The molecule has 2 atom stereocenters. The number of rotatable bonds is 4. The number of aliphatic hydroxyl groups excluding tert-OH is 1. The van der Waals surface area contributed by atoms with Gasteiger partial charge < -0.3 is 15.6 Å². The third-order valence-electron chi connectivity index (χ3n) is 3.30. The van der Waals surface area contributed by atoms with Crippen molar-refractivity contribution in [2.45, 2.75) is 12.1 Å². The maximum absolute atomic E-state index is 9.18. The first-order chi connectivity index (χ1) is 8.76. The van der Waals surface area contributed by atoms with Gasteiger partial charge in [-0.3, -0.25) is 4.90 Å². The van der Waals surface area contributed by atoms with Gasteiger partial charge in [0, 0.05) is 30.7 Å². The SMILES string of the molecule is NCC(c1ccccc1Cl)N1CCOC(CO)C1. The molecule has 2 rings (SSSR count). The number of halogens is 1. The summed E-state index contributed by atoms with van der Waals surface area (Å²) in [7, 11) is 0. The number of hydrogen-bond acceptors (Lipinski definition) is 4. The fraction of sp³-hybridized carbons (Fsp3) is 0.538. The summed E-state index contributed by atoms with van der Waals surface area (Å²) < 4.78 is 5.45. The van der Waals surface area contributed by atoms with Crippen LogP contribution in [0.5, 0.6) is 0 Å². The van der Waals surface area contributed by atoms with Crippen LogP contribution in [0.25, 0.3) is 0 Å². The Bertz CT molecular complexity index is 389. The van der Waals surface area contributed by atoms with Crippen molar-refractivity contribution >= 4 is 11.6 Å². The molecule has 1 fully saturated rings. The maximum atomic E-state index is 9.18. The average molecular weight is 271 g/mol. The molecule has 1 aromatic carbocycles. The lowest BCUT2D eigenvalue weighted by Crippen LogP contribution is -2.47. The van der Waals surface area contributed by atoms with Gasteiger partial charge in [0.05, 0.1) is 19.3 Å². The zero-order valence-corrected chi connectivity index (χ0v) is 11.0. The van der Waals surface area contributed by atoms with E-state index in [0.717, 1.165) is 17.1 Å². The number of ether oxygens (including phenoxy) is 1. The van der Waals surface area contributed by atoms with Gasteiger partial charge in [-0.05, 0) is 11.6 Å². The summed E-state index contributed by atoms with van der Waals surface area (Å²) in [6, 6.07) is 7.84. The van der Waals surface area contributed by atoms with E-state index in [1.54, 1.807) is 0 Å². The molecule has 3 N–H and O–H groups in total. The molecule has 0 spiro atoms. The van der Waals surface area contributed by atoms with E-state index in [2.05, 4.69) is 4.90 Å². The molecule has 5 heteroatoms. The Labute approximate surface area is 112 Å². The second-order valence-corrected chi connectivity index (χ2v) is 4.85. The molecule has 0 radical (unpaired) electrons. The minimum absolute atomic E-state index is 0.0380. The third kappa shape index (κ3) is 3.02. The highest BCUT2D eigenvalue weighted by atomic mass is 35.5. The Hall–Kier alpha value is -0.650. The van der Waals surface area contributed by atoms with Gasteiger partial charge in [-0.25, -0.2) is 0 Å². The Morgan fingerprint density at radius 2 is 2.28 bits per heavy atom. The lowest BCUT2D eigenvalue weighted by atomic mass is 10.0. The van der Waals surface area contributed by atoms with Crippen LogP contribution in [0, 0.1) is 0 Å². The Morgan fingerprint density at radius 3 is 2.94 bits per heavy atom. The van der Waals surface area contributed by atoms with Crippen LogP contribution < -0.4 is 5.73 Å². The summed E-state index contributed by atoms with van der Waals surface area (Å²) in [5.41, 5.74) is 6.93. The lowest BCUT2D eigenvalue weighted by molar-refractivity contribution is -0.0642. The van der Waals surface area contributed by atoms with Crippen LogP contribution in [0.15, 0.2) is 24.3 Å². The minimum Gasteiger partial charge on any atom is -0.394 e. The van der Waals surface area contributed by atoms with Crippen LogP contribution in [0.1, 0.15) is 11.6 Å². The van der Waals surface area contributed by atoms with Gasteiger partial charge in [0.15, 0.2) is 0 Å². The summed E-state index contributed by atoms with van der Waals surface area (Å²) >= 11 is 6.22. The molecule has 0 aromatic heterocycles. The fourth-order valence-electron chi connectivity index (χ4n) is 2.35. The van der Waals surface area contributed by atoms with Gasteiger partial charge in [-0.15, -0.1) is 0 Å². The first-order valence-electron chi connectivity index (χ1n) is 6.17. The van der Waals surface area contributed by atoms with E-state index in [1.165, 1.54) is 0 Å². The molecule has 0 saturated carbocycles. The lowest BCUT2D eigenvalue weighted by Gasteiger charge is -2.37. The van der Waals surface area contributed by atoms with E-state index in [9.17, 15) is 5.11 Å². The van der Waals surface area contributed by atoms with Crippen LogP contribution in [0.2, 0.25) is 5.02 Å². The number of morpholine rings is 1. The smallest absolute Gasteiger partial charge is 0.0933 e. The van der Waals surface area contributed by atoms with Crippen molar-refractivity contribution in [1.29, 1.82) is 0 Å². The highest BCUT2D eigenvalue weighted by molar-refractivity contribution is 6.31. The molecule has 0 aliphatic carbocycles. The number of benzene rings is 1. The molecule has 1 aromatic rings. The molecule has 4 nitrogen and oxygen atoms in total. The summed E-state index contributed by atoms with van der Waals surface area (Å²) in [6.45, 7) is 2.65. The van der Waals surface area contributed by atoms with Gasteiger partial charge in [-0.2, -0.15) is 0 Å². The Morgan fingerprint density at radius 1 is 1.50 bits per heavy atom. The topological polar surface area (TPSA) is 58.7 Å². The largest absolute Gasteiger partial charge is 0.394 e. The van der Waals surface area contributed by atoms with Crippen molar-refractivity contribution in [3.8, 4) is 0 Å². The molecular formula is C13H19ClN2O2. The van der Waals surface area contributed by atoms with E-state index >= 15 is 0 Å². The maximum Gasteiger partial charge on any atom is 0.0933 e. The molecule has 1 aliphatic rings. The van der Waals surface area contributed by atoms with E-state index in [0.29, 0.717) is 19.7 Å². The first kappa shape index (κ1) is 13.8. The predicted molar refractivity (Wildman–Crippen MR) is 71.6 cm³/mol. The molecule has 0 amide bonds. The number of aliphatic hydroxyl groups is 1. The van der Waals surface area contributed by atoms with Crippen LogP contribution in [0.3, 0.4) is 0 Å². The number of nitrogens with zero attached hydrogens (tertiary/aromatic N) is 1. The van der Waals surface area contributed by atoms with Crippen molar-refractivity contribution in [3.63, 3.8) is 0 Å². The minimum atomic E-state index is -0.129. The number of nitrogens with two attached hydrogens (primary N) is 1. The monoisotopic (exact) mass is 270 g/mol. The van der Waals surface area contributed by atoms with E-state index in [-0.39, 0.29) is 18.8 Å². The van der Waals surface area contributed by atoms with E-state index in [1.807, 2.05) is 24.3 Å². The quantitative estimate of drug-likeness (QED) is 0.858. The molecule has 0 bridgehead atoms. The molecular weight excluding hydrogens is 252 g/mol. The van der Waals surface area contributed by atoms with Crippen LogP contribution in [-0.4, -0.2) is 49.0 Å². The third-order valence-corrected chi connectivity index (χ3v) is 3.65. The second-order valence-electron chi connectivity index (χ2n) is 4.44. The molecule has 1 saturated heterocycles. The van der Waals surface area contributed by atoms with Crippen LogP contribution >= 0.6 is 11.6 Å². The van der Waals surface area contributed by atoms with Crippen molar-refractivity contribution < 1.29 is 9.84 Å². The fourth-order valence-corrected chi connectivity index (χ4v) is 2.62. The van der Waals surface area contributed by atoms with Gasteiger partial charge in [-0.1, -0.05) is 29.8 Å². The van der Waals surface area contributed by atoms with Crippen molar-refractivity contribution in [1.82, 2.24) is 4.90 Å². The highest BCUT2D eigenvalue weighted by Crippen LogP contribution is 2.27. The zero-order chi connectivity index (χ0) is 13.0. The zero-order valence-electron chi connectivity index (χ0n) is 10.3. The van der Waals surface area contributed by atoms with E-state index in [4.69, 9.17) is 22.1 Å².